The molecule has 24 heavy (non-hydrogen) atoms. The van der Waals surface area contributed by atoms with Crippen molar-refractivity contribution < 1.29 is 26.7 Å². The largest absolute Gasteiger partial charge is 0.453 e. The first-order valence-corrected chi connectivity index (χ1v) is 7.54. The van der Waals surface area contributed by atoms with Crippen LogP contribution in [0.4, 0.5) is 22.0 Å². The second-order valence-corrected chi connectivity index (χ2v) is 5.47. The van der Waals surface area contributed by atoms with Crippen molar-refractivity contribution in [1.29, 1.82) is 0 Å². The van der Waals surface area contributed by atoms with Crippen LogP contribution >= 0.6 is 11.8 Å². The van der Waals surface area contributed by atoms with Crippen molar-refractivity contribution in [3.63, 3.8) is 0 Å². The van der Waals surface area contributed by atoms with Crippen molar-refractivity contribution in [3.05, 3.63) is 35.7 Å². The summed E-state index contributed by atoms with van der Waals surface area (Å²) in [5.41, 5.74) is 0.394. The van der Waals surface area contributed by atoms with E-state index in [1.165, 1.54) is 24.3 Å². The van der Waals surface area contributed by atoms with Gasteiger partial charge in [-0.15, -0.1) is 10.2 Å². The Balaban J connectivity index is 2.26. The molecule has 0 aliphatic carbocycles. The van der Waals surface area contributed by atoms with Crippen molar-refractivity contribution >= 4 is 18.0 Å². The Morgan fingerprint density at radius 1 is 1.25 bits per heavy atom. The molecule has 0 saturated heterocycles. The molecule has 2 aromatic rings. The van der Waals surface area contributed by atoms with E-state index in [1.807, 2.05) is 0 Å². The highest BCUT2D eigenvalue weighted by molar-refractivity contribution is 7.99. The predicted octanol–water partition coefficient (Wildman–Crippen LogP) is 3.89. The van der Waals surface area contributed by atoms with E-state index in [-0.39, 0.29) is 10.9 Å². The summed E-state index contributed by atoms with van der Waals surface area (Å²) in [4.78, 5) is 0. The molecule has 0 aliphatic rings. The lowest BCUT2D eigenvalue weighted by Crippen LogP contribution is -2.13. The Morgan fingerprint density at radius 2 is 1.92 bits per heavy atom. The molecule has 0 atom stereocenters. The number of hydrogen-bond acceptors (Lipinski definition) is 5. The molecular weight excluding hydrogens is 355 g/mol. The fraction of sp³-hybridized carbons (Fsp3) is 0.308. The van der Waals surface area contributed by atoms with E-state index in [4.69, 9.17) is 0 Å². The molecule has 1 aromatic heterocycles. The standard InChI is InChI=1S/C13H11F5N4OS/c1-2-24-12-21-20-10(13(16,17)18)22(12)19-7-8-3-5-9(6-4-8)23-11(14)15/h3-7,11H,2H2,1H3/b19-7+. The smallest absolute Gasteiger partial charge is 0.435 e. The number of hydrogen-bond donors (Lipinski definition) is 0. The van der Waals surface area contributed by atoms with Gasteiger partial charge in [-0.05, 0) is 35.6 Å². The Labute approximate surface area is 137 Å². The fourth-order valence-corrected chi connectivity index (χ4v) is 2.24. The molecule has 0 saturated carbocycles. The van der Waals surface area contributed by atoms with Gasteiger partial charge in [0.05, 0.1) is 6.21 Å². The van der Waals surface area contributed by atoms with Crippen molar-refractivity contribution in [2.75, 3.05) is 5.75 Å². The van der Waals surface area contributed by atoms with E-state index in [0.717, 1.165) is 18.0 Å². The fourth-order valence-electron chi connectivity index (χ4n) is 1.63. The van der Waals surface area contributed by atoms with E-state index < -0.39 is 18.6 Å². The van der Waals surface area contributed by atoms with E-state index in [9.17, 15) is 22.0 Å². The number of thioether (sulfide) groups is 1. The summed E-state index contributed by atoms with van der Waals surface area (Å²) in [6.45, 7) is -1.20. The summed E-state index contributed by atoms with van der Waals surface area (Å²) in [5, 5.41) is 10.3. The molecule has 11 heteroatoms. The van der Waals surface area contributed by atoms with E-state index in [0.29, 0.717) is 16.0 Å². The molecule has 5 nitrogen and oxygen atoms in total. The van der Waals surface area contributed by atoms with Gasteiger partial charge in [0, 0.05) is 0 Å². The average molecular weight is 366 g/mol. The van der Waals surface area contributed by atoms with Crippen LogP contribution < -0.4 is 4.74 Å². The molecule has 130 valence electrons. The van der Waals surface area contributed by atoms with Gasteiger partial charge in [-0.2, -0.15) is 31.7 Å². The predicted molar refractivity (Wildman–Crippen MR) is 77.5 cm³/mol. The minimum atomic E-state index is -4.70. The highest BCUT2D eigenvalue weighted by Crippen LogP contribution is 2.30. The summed E-state index contributed by atoms with van der Waals surface area (Å²) in [6, 6.07) is 5.27. The molecule has 0 fully saturated rings. The summed E-state index contributed by atoms with van der Waals surface area (Å²) in [7, 11) is 0. The minimum absolute atomic E-state index is 0.00118. The number of alkyl halides is 5. The Hall–Kier alpha value is -2.17. The summed E-state index contributed by atoms with van der Waals surface area (Å²) < 4.78 is 67.6. The van der Waals surface area contributed by atoms with Crippen molar-refractivity contribution in [1.82, 2.24) is 14.9 Å². The lowest BCUT2D eigenvalue weighted by Gasteiger charge is -2.06. The summed E-state index contributed by atoms with van der Waals surface area (Å²) in [5.74, 6) is -0.817. The average Bonchev–Trinajstić information content (AvgIpc) is 2.89. The zero-order valence-corrected chi connectivity index (χ0v) is 13.0. The maximum Gasteiger partial charge on any atom is 0.453 e. The third-order valence-electron chi connectivity index (χ3n) is 2.57. The number of nitrogens with zero attached hydrogens (tertiary/aromatic N) is 4. The van der Waals surface area contributed by atoms with Gasteiger partial charge in [0.15, 0.2) is 0 Å². The van der Waals surface area contributed by atoms with Crippen LogP contribution in [0.25, 0.3) is 0 Å². The lowest BCUT2D eigenvalue weighted by atomic mass is 10.2. The molecule has 0 radical (unpaired) electrons. The Morgan fingerprint density at radius 3 is 2.46 bits per heavy atom. The molecule has 0 N–H and O–H groups in total. The molecule has 1 heterocycles. The number of aromatic nitrogens is 3. The quantitative estimate of drug-likeness (QED) is 0.442. The van der Waals surface area contributed by atoms with Gasteiger partial charge in [-0.1, -0.05) is 18.7 Å². The van der Waals surface area contributed by atoms with Crippen molar-refractivity contribution in [2.24, 2.45) is 5.10 Å². The first-order valence-electron chi connectivity index (χ1n) is 6.56. The molecule has 0 unspecified atom stereocenters. The normalized spacial score (nSPS) is 12.3. The molecule has 0 spiro atoms. The summed E-state index contributed by atoms with van der Waals surface area (Å²) in [6.07, 6.45) is -3.56. The molecule has 0 amide bonds. The summed E-state index contributed by atoms with van der Waals surface area (Å²) >= 11 is 1.06. The third kappa shape index (κ3) is 4.66. The van der Waals surface area contributed by atoms with E-state index >= 15 is 0 Å². The zero-order chi connectivity index (χ0) is 17.7. The number of rotatable bonds is 6. The van der Waals surface area contributed by atoms with Crippen molar-refractivity contribution in [2.45, 2.75) is 24.9 Å². The number of halogens is 5. The third-order valence-corrected chi connectivity index (χ3v) is 3.37. The second-order valence-electron chi connectivity index (χ2n) is 4.24. The molecule has 1 aromatic carbocycles. The van der Waals surface area contributed by atoms with E-state index in [1.54, 1.807) is 6.92 Å². The zero-order valence-electron chi connectivity index (χ0n) is 12.2. The SMILES string of the molecule is CCSc1nnc(C(F)(F)F)n1/N=C/c1ccc(OC(F)F)cc1. The van der Waals surface area contributed by atoms with Crippen LogP contribution in [0.5, 0.6) is 5.75 Å². The van der Waals surface area contributed by atoms with Gasteiger partial charge in [0.1, 0.15) is 5.75 Å². The van der Waals surface area contributed by atoms with Crippen molar-refractivity contribution in [3.8, 4) is 5.75 Å². The van der Waals surface area contributed by atoms with Crippen LogP contribution in [-0.4, -0.2) is 33.5 Å². The van der Waals surface area contributed by atoms with E-state index in [2.05, 4.69) is 20.0 Å². The molecular formula is C13H11F5N4OS. The minimum Gasteiger partial charge on any atom is -0.435 e. The highest BCUT2D eigenvalue weighted by Gasteiger charge is 2.38. The van der Waals surface area contributed by atoms with Crippen LogP contribution in [0.3, 0.4) is 0 Å². The number of ether oxygens (including phenoxy) is 1. The second kappa shape index (κ2) is 7.60. The Bertz CT molecular complexity index is 699. The monoisotopic (exact) mass is 366 g/mol. The maximum absolute atomic E-state index is 12.9. The van der Waals surface area contributed by atoms with Gasteiger partial charge < -0.3 is 4.74 Å². The van der Waals surface area contributed by atoms with Gasteiger partial charge in [0.25, 0.3) is 5.82 Å². The van der Waals surface area contributed by atoms with Gasteiger partial charge >= 0.3 is 12.8 Å². The van der Waals surface area contributed by atoms with Gasteiger partial charge in [0.2, 0.25) is 5.16 Å². The highest BCUT2D eigenvalue weighted by atomic mass is 32.2. The Kier molecular flexibility index (Phi) is 5.75. The van der Waals surface area contributed by atoms with Gasteiger partial charge in [-0.3, -0.25) is 0 Å². The number of benzene rings is 1. The molecule has 2 rings (SSSR count). The van der Waals surface area contributed by atoms with Crippen LogP contribution in [0.1, 0.15) is 18.3 Å². The molecule has 0 aliphatic heterocycles. The van der Waals surface area contributed by atoms with Crippen LogP contribution in [-0.2, 0) is 6.18 Å². The van der Waals surface area contributed by atoms with Crippen LogP contribution in [0.2, 0.25) is 0 Å². The van der Waals surface area contributed by atoms with Crippen LogP contribution in [0, 0.1) is 0 Å². The first kappa shape index (κ1) is 18.2. The van der Waals surface area contributed by atoms with Gasteiger partial charge in [-0.25, -0.2) is 0 Å². The maximum atomic E-state index is 12.9. The molecule has 0 bridgehead atoms. The lowest BCUT2D eigenvalue weighted by molar-refractivity contribution is -0.147. The first-order chi connectivity index (χ1) is 11.3. The van der Waals surface area contributed by atoms with Crippen LogP contribution in [0.15, 0.2) is 34.5 Å². The topological polar surface area (TPSA) is 52.3 Å².